The zero-order valence-corrected chi connectivity index (χ0v) is 16.1. The van der Waals surface area contributed by atoms with Crippen LogP contribution in [0.4, 0.5) is 0 Å². The van der Waals surface area contributed by atoms with Crippen LogP contribution in [0.5, 0.6) is 0 Å². The largest absolute Gasteiger partial charge is 0.350 e. The molecule has 3 rings (SSSR count). The van der Waals surface area contributed by atoms with Crippen LogP contribution in [0.25, 0.3) is 0 Å². The predicted molar refractivity (Wildman–Crippen MR) is 112 cm³/mol. The van der Waals surface area contributed by atoms with E-state index in [9.17, 15) is 4.79 Å². The van der Waals surface area contributed by atoms with Gasteiger partial charge in [0.1, 0.15) is 0 Å². The summed E-state index contributed by atoms with van der Waals surface area (Å²) in [7, 11) is 0. The van der Waals surface area contributed by atoms with Gasteiger partial charge >= 0.3 is 0 Å². The van der Waals surface area contributed by atoms with Gasteiger partial charge in [-0.25, -0.2) is 0 Å². The first-order valence-electron chi connectivity index (χ1n) is 9.65. The van der Waals surface area contributed by atoms with Gasteiger partial charge in [0.25, 0.3) is 0 Å². The highest BCUT2D eigenvalue weighted by Gasteiger charge is 2.19. The van der Waals surface area contributed by atoms with Crippen molar-refractivity contribution < 1.29 is 4.79 Å². The maximum Gasteiger partial charge on any atom is 0.221 e. The van der Waals surface area contributed by atoms with Crippen molar-refractivity contribution in [1.29, 1.82) is 0 Å². The smallest absolute Gasteiger partial charge is 0.221 e. The molecule has 3 aromatic carbocycles. The van der Waals surface area contributed by atoms with Gasteiger partial charge in [0.05, 0.1) is 6.04 Å². The van der Waals surface area contributed by atoms with Crippen LogP contribution in [-0.2, 0) is 11.2 Å². The van der Waals surface area contributed by atoms with Gasteiger partial charge in [-0.05, 0) is 35.6 Å². The van der Waals surface area contributed by atoms with Crippen LogP contribution in [0.1, 0.15) is 54.5 Å². The summed E-state index contributed by atoms with van der Waals surface area (Å²) < 4.78 is 0. The van der Waals surface area contributed by atoms with Crippen LogP contribution in [0, 0.1) is 0 Å². The van der Waals surface area contributed by atoms with Crippen molar-refractivity contribution in [2.45, 2.75) is 38.6 Å². The Kier molecular flexibility index (Phi) is 6.43. The Morgan fingerprint density at radius 2 is 1.30 bits per heavy atom. The van der Waals surface area contributed by atoms with Gasteiger partial charge in [-0.15, -0.1) is 0 Å². The zero-order valence-electron chi connectivity index (χ0n) is 16.1. The van der Waals surface area contributed by atoms with E-state index in [0.29, 0.717) is 6.42 Å². The average molecular weight is 357 g/mol. The minimum absolute atomic E-state index is 0.00407. The van der Waals surface area contributed by atoms with E-state index in [4.69, 9.17) is 0 Å². The second kappa shape index (κ2) is 9.18. The fourth-order valence-corrected chi connectivity index (χ4v) is 3.41. The third-order valence-electron chi connectivity index (χ3n) is 5.06. The molecule has 0 saturated carbocycles. The number of aryl methyl sites for hydroxylation is 1. The molecule has 1 N–H and O–H groups in total. The fraction of sp³-hybridized carbons (Fsp3) is 0.240. The summed E-state index contributed by atoms with van der Waals surface area (Å²) in [5.41, 5.74) is 4.78. The minimum atomic E-state index is -0.00407. The Morgan fingerprint density at radius 3 is 1.78 bits per heavy atom. The SMILES string of the molecule is CCc1ccc([C@@H](C)NC(=O)CC(c2ccccc2)c2ccccc2)cc1. The summed E-state index contributed by atoms with van der Waals surface area (Å²) in [6.45, 7) is 4.19. The molecule has 3 aromatic rings. The second-order valence-corrected chi connectivity index (χ2v) is 6.96. The van der Waals surface area contributed by atoms with Gasteiger partial charge in [-0.1, -0.05) is 91.9 Å². The third-order valence-corrected chi connectivity index (χ3v) is 5.06. The Morgan fingerprint density at radius 1 is 0.778 bits per heavy atom. The van der Waals surface area contributed by atoms with Crippen molar-refractivity contribution in [3.05, 3.63) is 107 Å². The van der Waals surface area contributed by atoms with Gasteiger partial charge in [0, 0.05) is 12.3 Å². The molecule has 0 aromatic heterocycles. The topological polar surface area (TPSA) is 29.1 Å². The molecule has 0 radical (unpaired) electrons. The first-order valence-corrected chi connectivity index (χ1v) is 9.65. The van der Waals surface area contributed by atoms with E-state index in [-0.39, 0.29) is 17.9 Å². The van der Waals surface area contributed by atoms with Crippen molar-refractivity contribution >= 4 is 5.91 Å². The molecular weight excluding hydrogens is 330 g/mol. The van der Waals surface area contributed by atoms with Crippen LogP contribution in [0.2, 0.25) is 0 Å². The minimum Gasteiger partial charge on any atom is -0.350 e. The number of rotatable bonds is 7. The lowest BCUT2D eigenvalue weighted by Gasteiger charge is -2.20. The Labute approximate surface area is 162 Å². The number of benzene rings is 3. The number of carbonyl (C=O) groups excluding carboxylic acids is 1. The van der Waals surface area contributed by atoms with Crippen LogP contribution in [0.3, 0.4) is 0 Å². The van der Waals surface area contributed by atoms with Crippen molar-refractivity contribution in [3.63, 3.8) is 0 Å². The molecular formula is C25H27NO. The number of amides is 1. The van der Waals surface area contributed by atoms with E-state index in [2.05, 4.69) is 60.8 Å². The molecule has 0 spiro atoms. The summed E-state index contributed by atoms with van der Waals surface area (Å²) in [5.74, 6) is 0.127. The summed E-state index contributed by atoms with van der Waals surface area (Å²) in [5, 5.41) is 3.16. The Hall–Kier alpha value is -2.87. The zero-order chi connectivity index (χ0) is 19.1. The third kappa shape index (κ3) is 5.07. The maximum absolute atomic E-state index is 12.8. The first kappa shape index (κ1) is 18.9. The standard InChI is InChI=1S/C25H27NO/c1-3-20-14-16-21(17-15-20)19(2)26-25(27)18-24(22-10-6-4-7-11-22)23-12-8-5-9-13-23/h4-17,19,24H,3,18H2,1-2H3,(H,26,27)/t19-/m1/s1. The average Bonchev–Trinajstić information content (AvgIpc) is 2.73. The van der Waals surface area contributed by atoms with Crippen molar-refractivity contribution in [1.82, 2.24) is 5.32 Å². The van der Waals surface area contributed by atoms with Gasteiger partial charge in [0.15, 0.2) is 0 Å². The first-order chi connectivity index (χ1) is 13.2. The summed E-state index contributed by atoms with van der Waals surface area (Å²) in [6, 6.07) is 29.0. The lowest BCUT2D eigenvalue weighted by molar-refractivity contribution is -0.121. The molecule has 0 aliphatic rings. The molecule has 0 heterocycles. The molecule has 0 bridgehead atoms. The summed E-state index contributed by atoms with van der Waals surface area (Å²) in [4.78, 5) is 12.8. The molecule has 0 aliphatic carbocycles. The second-order valence-electron chi connectivity index (χ2n) is 6.96. The van der Waals surface area contributed by atoms with Gasteiger partial charge in [0.2, 0.25) is 5.91 Å². The van der Waals surface area contributed by atoms with E-state index in [1.54, 1.807) is 0 Å². The molecule has 2 nitrogen and oxygen atoms in total. The lowest BCUT2D eigenvalue weighted by atomic mass is 9.88. The highest BCUT2D eigenvalue weighted by atomic mass is 16.1. The molecule has 1 atom stereocenters. The quantitative estimate of drug-likeness (QED) is 0.582. The van der Waals surface area contributed by atoms with Gasteiger partial charge in [-0.3, -0.25) is 4.79 Å². The highest BCUT2D eigenvalue weighted by Crippen LogP contribution is 2.28. The number of hydrogen-bond donors (Lipinski definition) is 1. The van der Waals surface area contributed by atoms with Crippen molar-refractivity contribution in [3.8, 4) is 0 Å². The van der Waals surface area contributed by atoms with Crippen molar-refractivity contribution in [2.75, 3.05) is 0 Å². The number of hydrogen-bond acceptors (Lipinski definition) is 1. The fourth-order valence-electron chi connectivity index (χ4n) is 3.41. The van der Waals surface area contributed by atoms with Crippen molar-refractivity contribution in [2.24, 2.45) is 0 Å². The van der Waals surface area contributed by atoms with E-state index in [0.717, 1.165) is 12.0 Å². The van der Waals surface area contributed by atoms with Crippen LogP contribution in [0.15, 0.2) is 84.9 Å². The monoisotopic (exact) mass is 357 g/mol. The maximum atomic E-state index is 12.8. The van der Waals surface area contributed by atoms with E-state index in [1.165, 1.54) is 16.7 Å². The van der Waals surface area contributed by atoms with E-state index >= 15 is 0 Å². The highest BCUT2D eigenvalue weighted by molar-refractivity contribution is 5.78. The molecule has 138 valence electrons. The van der Waals surface area contributed by atoms with Gasteiger partial charge < -0.3 is 5.32 Å². The molecule has 2 heteroatoms. The predicted octanol–water partition coefficient (Wildman–Crippen LogP) is 5.65. The number of nitrogens with one attached hydrogen (secondary N) is 1. The molecule has 0 unspecified atom stereocenters. The van der Waals surface area contributed by atoms with Crippen LogP contribution >= 0.6 is 0 Å². The molecule has 27 heavy (non-hydrogen) atoms. The molecule has 1 amide bonds. The summed E-state index contributed by atoms with van der Waals surface area (Å²) in [6.07, 6.45) is 1.46. The molecule has 0 aliphatic heterocycles. The molecule has 0 saturated heterocycles. The van der Waals surface area contributed by atoms with Crippen LogP contribution in [-0.4, -0.2) is 5.91 Å². The Balaban J connectivity index is 1.72. The van der Waals surface area contributed by atoms with Crippen LogP contribution < -0.4 is 5.32 Å². The van der Waals surface area contributed by atoms with Gasteiger partial charge in [-0.2, -0.15) is 0 Å². The molecule has 0 fully saturated rings. The van der Waals surface area contributed by atoms with E-state index in [1.807, 2.05) is 43.3 Å². The Bertz CT molecular complexity index is 801. The normalized spacial score (nSPS) is 12.0. The summed E-state index contributed by atoms with van der Waals surface area (Å²) >= 11 is 0. The number of carbonyl (C=O) groups is 1. The lowest BCUT2D eigenvalue weighted by Crippen LogP contribution is -2.28. The van der Waals surface area contributed by atoms with E-state index < -0.39 is 0 Å².